The Morgan fingerprint density at radius 1 is 0.743 bits per heavy atom. The van der Waals surface area contributed by atoms with Crippen molar-refractivity contribution in [3.8, 4) is 57.1 Å². The molecule has 5 aromatic carbocycles. The fourth-order valence-electron chi connectivity index (χ4n) is 13.2. The summed E-state index contributed by atoms with van der Waals surface area (Å²) in [6, 6.07) is 5.66. The molecule has 7 aliphatic heterocycles. The largest absolute Gasteiger partial charge is 0.508 e. The van der Waals surface area contributed by atoms with E-state index in [2.05, 4.69) is 21.3 Å². The lowest BCUT2D eigenvalue weighted by molar-refractivity contribution is -0.333. The van der Waals surface area contributed by atoms with Crippen LogP contribution in [0, 0.1) is 17.8 Å². The molecule has 32 heteroatoms. The third-order valence-corrected chi connectivity index (χ3v) is 19.2. The van der Waals surface area contributed by atoms with Crippen LogP contribution in [-0.4, -0.2) is 172 Å². The number of carbonyl (C=O) groups excluding carboxylic acids is 7. The van der Waals surface area contributed by atoms with E-state index in [-0.39, 0.29) is 51.1 Å². The fourth-order valence-corrected chi connectivity index (χ4v) is 13.7. The summed E-state index contributed by atoms with van der Waals surface area (Å²) in [6.07, 6.45) is -19.8. The van der Waals surface area contributed by atoms with Crippen molar-refractivity contribution in [2.45, 2.75) is 170 Å². The number of halogens is 2. The SMILES string of the molecule is CC[C@H](CC(C)C)C(=O)N[C@H]1C(=O)C[C@@H](CC(N)=O)C(=O)N[C@H]2C(=O)C[C@H]3C(=O)N[C@H](C(=O)N[C@H](C(=O)O)c4cc(O)cc(O)c4-c4cc3ccc4O)[C@H](O)c3ccc(c(Cl)c3)Oc3cc2cc(c3O[C@@H]2OC(CO)[C@@H](O)[C@H](O)C2O[C@@H]2CC(C)(N)[C@H](O)[C@H](C)O2)Oc2ccc(cc2Cl)[C@@H]1O. The maximum Gasteiger partial charge on any atom is 0.330 e. The molecule has 3 unspecified atom stereocenters. The minimum absolute atomic E-state index is 0.0143. The van der Waals surface area contributed by atoms with Crippen molar-refractivity contribution in [3.63, 3.8) is 0 Å². The lowest BCUT2D eigenvalue weighted by Gasteiger charge is -2.47. The van der Waals surface area contributed by atoms with Crippen LogP contribution in [0.25, 0.3) is 11.1 Å². The van der Waals surface area contributed by atoms with Gasteiger partial charge in [-0.25, -0.2) is 4.79 Å². The number of ketones is 2. The standard InChI is InChI=1S/C69H78Cl2N6O24/c1-6-28(13-26(2)3)63(90)76-54-42(82)17-33(20-49(72)84)64(91)74-52-32-18-46(97-44-11-8-30(56(54)85)15-38(44)70)60(101-68-61(59(88)58(87)48(25-78)99-68)100-50-24-69(5,73)62(89)27(4)96-50)47(19-32)98-45-12-9-31(16-39(45)71)57(86)55-66(93)75-53(67(94)95)37-21-34(79)22-41(81)51(37)36-14-29(7-10-40(36)80)35(23-43(52)83)65(92)77-55/h7-12,14-16,18-19,21-22,26-28,33,35,48,50,52-59,61-62,68,78-81,85-89H,6,13,17,20,23-25,73H2,1-5H3,(H2,72,84)(H,74,91)(H,75,93)(H,76,90)(H,77,92)(H,94,95)/t27-,28+,33-,35+,48?,50+,52+,53-,54-,55-,56-,57+,58+,59-,61?,62+,68-,69?/m0/s1. The average Bonchev–Trinajstić information content (AvgIpc) is 0.775. The number of amides is 5. The van der Waals surface area contributed by atoms with Crippen molar-refractivity contribution < 1.29 is 118 Å². The monoisotopic (exact) mass is 1440 g/mol. The third-order valence-electron chi connectivity index (χ3n) is 18.6. The van der Waals surface area contributed by atoms with Crippen LogP contribution in [0.2, 0.25) is 10.0 Å². The second-order valence-electron chi connectivity index (χ2n) is 26.6. The van der Waals surface area contributed by atoms with Gasteiger partial charge in [-0.15, -0.1) is 0 Å². The predicted octanol–water partition coefficient (Wildman–Crippen LogP) is 3.52. The van der Waals surface area contributed by atoms with Crippen molar-refractivity contribution in [2.24, 2.45) is 29.2 Å². The molecule has 11 bridgehead atoms. The topological polar surface area (TPSA) is 494 Å². The maximum atomic E-state index is 16.2. The molecule has 101 heavy (non-hydrogen) atoms. The first kappa shape index (κ1) is 74.9. The number of hydrogen-bond donors (Lipinski definition) is 16. The van der Waals surface area contributed by atoms with Gasteiger partial charge >= 0.3 is 5.97 Å². The number of ether oxygens (including phenoxy) is 6. The van der Waals surface area contributed by atoms with Crippen LogP contribution >= 0.6 is 23.2 Å². The molecule has 0 saturated carbocycles. The highest BCUT2D eigenvalue weighted by Crippen LogP contribution is 2.50. The highest BCUT2D eigenvalue weighted by Gasteiger charge is 2.51. The summed E-state index contributed by atoms with van der Waals surface area (Å²) in [4.78, 5) is 117. The van der Waals surface area contributed by atoms with Crippen molar-refractivity contribution in [1.82, 2.24) is 21.3 Å². The molecule has 542 valence electrons. The van der Waals surface area contributed by atoms with Gasteiger partial charge in [0.05, 0.1) is 40.7 Å². The number of fused-ring (bicyclic) bond motifs is 15. The Balaban J connectivity index is 1.24. The van der Waals surface area contributed by atoms with E-state index in [1.807, 2.05) is 13.8 Å². The van der Waals surface area contributed by atoms with Gasteiger partial charge in [-0.1, -0.05) is 62.2 Å². The Hall–Kier alpha value is -8.76. The number of primary amides is 1. The Morgan fingerprint density at radius 3 is 1.96 bits per heavy atom. The van der Waals surface area contributed by atoms with E-state index in [1.165, 1.54) is 38.1 Å². The number of carbonyl (C=O) groups is 8. The number of aliphatic hydroxyl groups excluding tert-OH is 6. The van der Waals surface area contributed by atoms with Crippen molar-refractivity contribution >= 4 is 70.3 Å². The van der Waals surface area contributed by atoms with Crippen molar-refractivity contribution in [3.05, 3.63) is 117 Å². The number of nitrogens with one attached hydrogen (secondary N) is 4. The van der Waals surface area contributed by atoms with Crippen molar-refractivity contribution in [1.29, 1.82) is 0 Å². The zero-order valence-corrected chi connectivity index (χ0v) is 56.5. The van der Waals surface area contributed by atoms with Crippen LogP contribution in [0.1, 0.15) is 131 Å². The van der Waals surface area contributed by atoms with Crippen LogP contribution in [0.5, 0.6) is 46.0 Å². The summed E-state index contributed by atoms with van der Waals surface area (Å²) in [5.41, 5.74) is 8.53. The number of rotatable bonds is 13. The Labute approximate surface area is 586 Å². The number of aliphatic hydroxyl groups is 6. The summed E-state index contributed by atoms with van der Waals surface area (Å²) < 4.78 is 38.5. The van der Waals surface area contributed by atoms with Gasteiger partial charge in [-0.3, -0.25) is 33.6 Å². The zero-order valence-electron chi connectivity index (χ0n) is 54.9. The Kier molecular flexibility index (Phi) is 22.6. The molecule has 7 heterocycles. The van der Waals surface area contributed by atoms with E-state index in [0.29, 0.717) is 12.8 Å². The normalized spacial score (nSPS) is 29.6. The van der Waals surface area contributed by atoms with Gasteiger partial charge in [0.2, 0.25) is 41.6 Å². The summed E-state index contributed by atoms with van der Waals surface area (Å²) in [5.74, 6) is -18.9. The van der Waals surface area contributed by atoms with Crippen LogP contribution in [0.15, 0.2) is 78.9 Å². The van der Waals surface area contributed by atoms with Gasteiger partial charge in [-0.2, -0.15) is 0 Å². The number of aliphatic carboxylic acids is 1. The zero-order chi connectivity index (χ0) is 73.5. The molecule has 2 fully saturated rings. The number of carboxylic acid groups (broad SMARTS) is 1. The summed E-state index contributed by atoms with van der Waals surface area (Å²) in [5, 5.41) is 123. The number of benzene rings is 5. The smallest absolute Gasteiger partial charge is 0.330 e. The van der Waals surface area contributed by atoms with Crippen LogP contribution < -0.4 is 46.9 Å². The van der Waals surface area contributed by atoms with Crippen LogP contribution in [-0.2, 0) is 52.6 Å². The molecule has 12 rings (SSSR count). The summed E-state index contributed by atoms with van der Waals surface area (Å²) in [7, 11) is 0. The van der Waals surface area contributed by atoms with Gasteiger partial charge < -0.3 is 112 Å². The molecule has 7 aliphatic rings. The Bertz CT molecular complexity index is 4060. The van der Waals surface area contributed by atoms with Crippen molar-refractivity contribution in [2.75, 3.05) is 6.61 Å². The first-order chi connectivity index (χ1) is 47.7. The first-order valence-corrected chi connectivity index (χ1v) is 33.2. The van der Waals surface area contributed by atoms with Crippen LogP contribution in [0.3, 0.4) is 0 Å². The second kappa shape index (κ2) is 30.4. The molecule has 0 aliphatic carbocycles. The highest BCUT2D eigenvalue weighted by atomic mass is 35.5. The molecule has 0 radical (unpaired) electrons. The van der Waals surface area contributed by atoms with Gasteiger partial charge in [-0.05, 0) is 109 Å². The summed E-state index contributed by atoms with van der Waals surface area (Å²) >= 11 is 14.2. The molecular weight excluding hydrogens is 1370 g/mol. The number of nitrogens with two attached hydrogens (primary N) is 2. The van der Waals surface area contributed by atoms with Gasteiger partial charge in [0.15, 0.2) is 41.5 Å². The number of phenols is 3. The second-order valence-corrected chi connectivity index (χ2v) is 27.4. The number of Topliss-reactive ketones (excluding diaryl/α,β-unsaturated/α-hetero) is 2. The minimum atomic E-state index is -2.24. The number of hydrogen-bond acceptors (Lipinski definition) is 24. The molecule has 5 aromatic rings. The number of carboxylic acids is 1. The fraction of sp³-hybridized carbons (Fsp3) is 0.449. The average molecular weight is 1450 g/mol. The van der Waals surface area contributed by atoms with Gasteiger partial charge in [0.25, 0.3) is 0 Å². The first-order valence-electron chi connectivity index (χ1n) is 32.4. The molecule has 0 spiro atoms. The van der Waals surface area contributed by atoms with E-state index < -0.39 is 238 Å². The lowest BCUT2D eigenvalue weighted by Crippen LogP contribution is -2.64. The molecule has 2 saturated heterocycles. The number of phenolic OH excluding ortho intramolecular Hbond substituents is 3. The van der Waals surface area contributed by atoms with E-state index in [0.717, 1.165) is 54.6 Å². The van der Waals surface area contributed by atoms with Gasteiger partial charge in [0, 0.05) is 59.9 Å². The van der Waals surface area contributed by atoms with E-state index in [9.17, 15) is 75.0 Å². The molecular formula is C69H78Cl2N6O24. The Morgan fingerprint density at radius 2 is 1.38 bits per heavy atom. The van der Waals surface area contributed by atoms with E-state index in [1.54, 1.807) is 6.92 Å². The van der Waals surface area contributed by atoms with E-state index in [4.69, 9.17) is 63.1 Å². The third kappa shape index (κ3) is 16.0. The van der Waals surface area contributed by atoms with E-state index >= 15 is 14.4 Å². The minimum Gasteiger partial charge on any atom is -0.508 e. The predicted molar refractivity (Wildman–Crippen MR) is 353 cm³/mol. The molecule has 30 nitrogen and oxygen atoms in total. The van der Waals surface area contributed by atoms with Crippen LogP contribution in [0.4, 0.5) is 0 Å². The quantitative estimate of drug-likeness (QED) is 0.0801. The maximum absolute atomic E-state index is 16.2. The molecule has 18 atom stereocenters. The van der Waals surface area contributed by atoms with Gasteiger partial charge in [0.1, 0.15) is 77.4 Å². The summed E-state index contributed by atoms with van der Waals surface area (Å²) in [6.45, 7) is 7.55. The number of aromatic hydroxyl groups is 3. The molecule has 18 N–H and O–H groups in total. The highest BCUT2D eigenvalue weighted by molar-refractivity contribution is 6.32. The molecule has 5 amide bonds. The molecule has 0 aromatic heterocycles. The lowest BCUT2D eigenvalue weighted by atomic mass is 9.84.